The Labute approximate surface area is 196 Å². The Bertz CT molecular complexity index is 1300. The highest BCUT2D eigenvalue weighted by Gasteiger charge is 2.27. The van der Waals surface area contributed by atoms with Crippen LogP contribution in [0.5, 0.6) is 0 Å². The average molecular weight is 461 g/mol. The van der Waals surface area contributed by atoms with Gasteiger partial charge in [-0.05, 0) is 71.7 Å². The molecular weight excluding hydrogens is 440 g/mol. The molecule has 4 nitrogen and oxygen atoms in total. The Morgan fingerprint density at radius 3 is 2.62 bits per heavy atom. The van der Waals surface area contributed by atoms with E-state index in [0.29, 0.717) is 10.6 Å². The van der Waals surface area contributed by atoms with Gasteiger partial charge in [0.1, 0.15) is 0 Å². The van der Waals surface area contributed by atoms with Crippen LogP contribution < -0.4 is 0 Å². The molecule has 2 aromatic carbocycles. The number of aromatic nitrogens is 2. The number of fused-ring (bicyclic) bond motifs is 1. The molecule has 0 radical (unpaired) electrons. The average Bonchev–Trinajstić information content (AvgIpc) is 3.24. The molecule has 0 spiro atoms. The van der Waals surface area contributed by atoms with E-state index in [2.05, 4.69) is 28.2 Å². The van der Waals surface area contributed by atoms with Crippen LogP contribution in [0.15, 0.2) is 71.9 Å². The maximum atomic E-state index is 13.1. The Hall–Kier alpha value is -3.02. The number of hydrogen-bond acceptors (Lipinski definition) is 4. The van der Waals surface area contributed by atoms with Crippen LogP contribution in [0.3, 0.4) is 0 Å². The molecule has 2 aromatic heterocycles. The topological polar surface area (TPSA) is 55.0 Å². The van der Waals surface area contributed by atoms with E-state index in [1.165, 1.54) is 17.6 Å². The van der Waals surface area contributed by atoms with Crippen molar-refractivity contribution < 1.29 is 9.53 Å². The highest BCUT2D eigenvalue weighted by molar-refractivity contribution is 7.99. The minimum atomic E-state index is -0.386. The fourth-order valence-corrected chi connectivity index (χ4v) is 5.42. The molecule has 0 atom stereocenters. The number of nitrogens with one attached hydrogen (secondary N) is 1. The highest BCUT2D eigenvalue weighted by Crippen LogP contribution is 2.42. The summed E-state index contributed by atoms with van der Waals surface area (Å²) in [6.45, 7) is 0. The Balaban J connectivity index is 1.80. The third-order valence-electron chi connectivity index (χ3n) is 5.67. The number of pyridine rings is 1. The summed E-state index contributed by atoms with van der Waals surface area (Å²) < 4.78 is 5.24. The van der Waals surface area contributed by atoms with Gasteiger partial charge in [-0.2, -0.15) is 0 Å². The normalized spacial score (nSPS) is 12.9. The van der Waals surface area contributed by atoms with Crippen LogP contribution in [-0.2, 0) is 11.2 Å². The van der Waals surface area contributed by atoms with Crippen LogP contribution in [0.4, 0.5) is 0 Å². The molecule has 1 aliphatic heterocycles. The van der Waals surface area contributed by atoms with E-state index in [1.807, 2.05) is 48.2 Å². The first-order chi connectivity index (χ1) is 15.7. The number of halogens is 1. The van der Waals surface area contributed by atoms with Gasteiger partial charge < -0.3 is 9.72 Å². The molecule has 4 aromatic rings. The second-order valence-corrected chi connectivity index (χ2v) is 9.21. The number of carbonyl (C=O) groups excluding carboxylic acids is 1. The number of esters is 1. The summed E-state index contributed by atoms with van der Waals surface area (Å²) in [5, 5.41) is 0.629. The molecule has 1 aliphatic rings. The van der Waals surface area contributed by atoms with Crippen molar-refractivity contribution >= 4 is 29.3 Å². The number of aromatic amines is 1. The van der Waals surface area contributed by atoms with E-state index in [0.717, 1.165) is 52.2 Å². The number of benzene rings is 2. The minimum absolute atomic E-state index is 0.386. The van der Waals surface area contributed by atoms with Crippen LogP contribution >= 0.6 is 23.4 Å². The molecule has 0 bridgehead atoms. The first kappa shape index (κ1) is 20.9. The number of hydrogen-bond donors (Lipinski definition) is 1. The predicted octanol–water partition coefficient (Wildman–Crippen LogP) is 6.89. The maximum Gasteiger partial charge on any atom is 0.340 e. The zero-order valence-electron chi connectivity index (χ0n) is 17.5. The molecule has 0 aliphatic carbocycles. The van der Waals surface area contributed by atoms with Crippen LogP contribution in [0.1, 0.15) is 22.3 Å². The predicted molar refractivity (Wildman–Crippen MR) is 130 cm³/mol. The smallest absolute Gasteiger partial charge is 0.340 e. The Kier molecular flexibility index (Phi) is 5.77. The van der Waals surface area contributed by atoms with Crippen molar-refractivity contribution in [2.75, 3.05) is 12.9 Å². The van der Waals surface area contributed by atoms with Crippen LogP contribution in [0.25, 0.3) is 33.6 Å². The maximum absolute atomic E-state index is 13.1. The molecule has 0 unspecified atom stereocenters. The highest BCUT2D eigenvalue weighted by atomic mass is 35.5. The molecule has 0 saturated carbocycles. The van der Waals surface area contributed by atoms with Gasteiger partial charge >= 0.3 is 5.97 Å². The summed E-state index contributed by atoms with van der Waals surface area (Å²) in [7, 11) is 1.41. The molecule has 32 heavy (non-hydrogen) atoms. The number of rotatable bonds is 4. The van der Waals surface area contributed by atoms with E-state index >= 15 is 0 Å². The Morgan fingerprint density at radius 1 is 1.03 bits per heavy atom. The van der Waals surface area contributed by atoms with Gasteiger partial charge in [0.25, 0.3) is 0 Å². The lowest BCUT2D eigenvalue weighted by molar-refractivity contribution is 0.0602. The zero-order chi connectivity index (χ0) is 22.1. The van der Waals surface area contributed by atoms with Gasteiger partial charge in [0.15, 0.2) is 0 Å². The number of methoxy groups -OCH3 is 1. The molecule has 3 heterocycles. The number of carbonyl (C=O) groups is 1. The van der Waals surface area contributed by atoms with Gasteiger partial charge in [-0.3, -0.25) is 4.98 Å². The number of thioether (sulfide) groups is 1. The van der Waals surface area contributed by atoms with Crippen LogP contribution in [0.2, 0.25) is 5.02 Å². The third kappa shape index (κ3) is 3.83. The number of ether oxygens (including phenoxy) is 1. The lowest BCUT2D eigenvalue weighted by Gasteiger charge is -2.16. The minimum Gasteiger partial charge on any atom is -0.465 e. The van der Waals surface area contributed by atoms with E-state index in [-0.39, 0.29) is 5.97 Å². The summed E-state index contributed by atoms with van der Waals surface area (Å²) in [5.41, 5.74) is 6.92. The number of aryl methyl sites for hydroxylation is 1. The Morgan fingerprint density at radius 2 is 1.84 bits per heavy atom. The standard InChI is InChI=1S/C26H21ClN2O2S/c1-31-26(30)23-22(16-9-11-28-12-10-16)24(18-4-2-6-20(27)15-18)29-25(23)19-7-8-21-17(14-19)5-3-13-32-21/h2,4,6-12,14-15,29H,3,5,13H2,1H3. The SMILES string of the molecule is COC(=O)c1c(-c2ccc3c(c2)CCCS3)[nH]c(-c2cccc(Cl)c2)c1-c1ccncc1. The fraction of sp³-hybridized carbons (Fsp3) is 0.154. The van der Waals surface area contributed by atoms with Crippen LogP contribution in [-0.4, -0.2) is 28.8 Å². The third-order valence-corrected chi connectivity index (χ3v) is 7.11. The van der Waals surface area contributed by atoms with Crippen molar-refractivity contribution in [2.45, 2.75) is 17.7 Å². The van der Waals surface area contributed by atoms with E-state index in [4.69, 9.17) is 16.3 Å². The summed E-state index contributed by atoms with van der Waals surface area (Å²) >= 11 is 8.20. The van der Waals surface area contributed by atoms with Crippen molar-refractivity contribution in [2.24, 2.45) is 0 Å². The van der Waals surface area contributed by atoms with Crippen molar-refractivity contribution in [3.63, 3.8) is 0 Å². The lowest BCUT2D eigenvalue weighted by Crippen LogP contribution is -2.04. The first-order valence-electron chi connectivity index (χ1n) is 10.4. The monoisotopic (exact) mass is 460 g/mol. The van der Waals surface area contributed by atoms with Gasteiger partial charge in [-0.1, -0.05) is 29.8 Å². The van der Waals surface area contributed by atoms with Gasteiger partial charge in [-0.25, -0.2) is 4.79 Å². The largest absolute Gasteiger partial charge is 0.465 e. The number of nitrogens with zero attached hydrogens (tertiary/aromatic N) is 1. The molecular formula is C26H21ClN2O2S. The van der Waals surface area contributed by atoms with E-state index in [9.17, 15) is 4.79 Å². The summed E-state index contributed by atoms with van der Waals surface area (Å²) in [4.78, 5) is 22.1. The zero-order valence-corrected chi connectivity index (χ0v) is 19.1. The molecule has 6 heteroatoms. The number of H-pyrrole nitrogens is 1. The van der Waals surface area contributed by atoms with Crippen molar-refractivity contribution in [3.8, 4) is 33.6 Å². The van der Waals surface area contributed by atoms with Gasteiger partial charge in [0, 0.05) is 33.4 Å². The van der Waals surface area contributed by atoms with E-state index < -0.39 is 0 Å². The summed E-state index contributed by atoms with van der Waals surface area (Å²) in [5.74, 6) is 0.760. The molecule has 5 rings (SSSR count). The van der Waals surface area contributed by atoms with Crippen LogP contribution in [0, 0.1) is 0 Å². The summed E-state index contributed by atoms with van der Waals surface area (Å²) in [6, 6.07) is 17.8. The second-order valence-electron chi connectivity index (χ2n) is 7.64. The van der Waals surface area contributed by atoms with Crippen molar-refractivity contribution in [3.05, 3.63) is 83.1 Å². The molecule has 1 N–H and O–H groups in total. The van der Waals surface area contributed by atoms with Gasteiger partial charge in [0.05, 0.1) is 24.1 Å². The van der Waals surface area contributed by atoms with Gasteiger partial charge in [0.2, 0.25) is 0 Å². The molecule has 0 amide bonds. The van der Waals surface area contributed by atoms with Gasteiger partial charge in [-0.15, -0.1) is 11.8 Å². The lowest BCUT2D eigenvalue weighted by atomic mass is 9.95. The van der Waals surface area contributed by atoms with Crippen molar-refractivity contribution in [1.82, 2.24) is 9.97 Å². The van der Waals surface area contributed by atoms with E-state index in [1.54, 1.807) is 12.4 Å². The first-order valence-corrected chi connectivity index (χ1v) is 11.8. The molecule has 0 saturated heterocycles. The quantitative estimate of drug-likeness (QED) is 0.337. The van der Waals surface area contributed by atoms with Crippen molar-refractivity contribution in [1.29, 1.82) is 0 Å². The fourth-order valence-electron chi connectivity index (χ4n) is 4.21. The molecule has 160 valence electrons. The molecule has 0 fully saturated rings. The summed E-state index contributed by atoms with van der Waals surface area (Å²) in [6.07, 6.45) is 5.65. The second kappa shape index (κ2) is 8.85.